The van der Waals surface area contributed by atoms with Crippen LogP contribution in [0, 0.1) is 5.41 Å². The van der Waals surface area contributed by atoms with E-state index >= 15 is 0 Å². The number of rotatable bonds is 16. The summed E-state index contributed by atoms with van der Waals surface area (Å²) in [4.78, 5) is 12.0. The maximum atomic E-state index is 12.0. The highest BCUT2D eigenvalue weighted by Gasteiger charge is 2.31. The molecule has 0 amide bonds. The molecule has 2 heteroatoms. The van der Waals surface area contributed by atoms with Crippen LogP contribution in [0.4, 0.5) is 0 Å². The van der Waals surface area contributed by atoms with Crippen molar-refractivity contribution in [2.24, 2.45) is 5.41 Å². The summed E-state index contributed by atoms with van der Waals surface area (Å²) < 4.78 is 5.52. The van der Waals surface area contributed by atoms with E-state index in [4.69, 9.17) is 4.74 Å². The number of carbonyl (C=O) groups excluding carboxylic acids is 1. The third kappa shape index (κ3) is 10.5. The Kier molecular flexibility index (Phi) is 13.0. The SMILES string of the molecule is CCCOCCCCCCCCCCCCCC1=C(C)C(=O)CCC1(C)C. The molecule has 1 rings (SSSR count). The quantitative estimate of drug-likeness (QED) is 0.256. The van der Waals surface area contributed by atoms with Gasteiger partial charge in [0.25, 0.3) is 0 Å². The third-order valence-corrected chi connectivity index (χ3v) is 6.23. The molecule has 0 saturated carbocycles. The van der Waals surface area contributed by atoms with E-state index in [1.165, 1.54) is 76.2 Å². The molecule has 1 aliphatic rings. The predicted octanol–water partition coefficient (Wildman–Crippen LogP) is 7.80. The van der Waals surface area contributed by atoms with Gasteiger partial charge in [-0.15, -0.1) is 0 Å². The van der Waals surface area contributed by atoms with Crippen LogP contribution in [0.3, 0.4) is 0 Å². The van der Waals surface area contributed by atoms with Crippen LogP contribution in [0.15, 0.2) is 11.1 Å². The normalized spacial score (nSPS) is 17.0. The van der Waals surface area contributed by atoms with Gasteiger partial charge in [0.05, 0.1) is 0 Å². The van der Waals surface area contributed by atoms with E-state index < -0.39 is 0 Å². The lowest BCUT2D eigenvalue weighted by Crippen LogP contribution is -2.25. The Bertz CT molecular complexity index is 434. The average Bonchev–Trinajstić information content (AvgIpc) is 2.64. The molecule has 0 unspecified atom stereocenters. The minimum atomic E-state index is 0.236. The zero-order chi connectivity index (χ0) is 20.0. The molecule has 0 aromatic carbocycles. The number of unbranched alkanes of at least 4 members (excludes halogenated alkanes) is 10. The Hall–Kier alpha value is -0.630. The minimum absolute atomic E-state index is 0.236. The van der Waals surface area contributed by atoms with E-state index in [-0.39, 0.29) is 5.41 Å². The van der Waals surface area contributed by atoms with Gasteiger partial charge >= 0.3 is 0 Å². The first-order valence-corrected chi connectivity index (χ1v) is 11.8. The lowest BCUT2D eigenvalue weighted by molar-refractivity contribution is -0.116. The summed E-state index contributed by atoms with van der Waals surface area (Å²) in [5.74, 6) is 0.387. The van der Waals surface area contributed by atoms with Crippen LogP contribution in [0.25, 0.3) is 0 Å². The molecule has 0 spiro atoms. The molecule has 158 valence electrons. The zero-order valence-electron chi connectivity index (χ0n) is 18.8. The highest BCUT2D eigenvalue weighted by Crippen LogP contribution is 2.41. The highest BCUT2D eigenvalue weighted by atomic mass is 16.5. The van der Waals surface area contributed by atoms with Gasteiger partial charge in [-0.25, -0.2) is 0 Å². The monoisotopic (exact) mass is 378 g/mol. The van der Waals surface area contributed by atoms with Gasteiger partial charge in [0.1, 0.15) is 0 Å². The first-order valence-electron chi connectivity index (χ1n) is 11.8. The van der Waals surface area contributed by atoms with E-state index in [1.54, 1.807) is 0 Å². The zero-order valence-corrected chi connectivity index (χ0v) is 18.8. The summed E-state index contributed by atoms with van der Waals surface area (Å²) in [5, 5.41) is 0. The molecule has 27 heavy (non-hydrogen) atoms. The topological polar surface area (TPSA) is 26.3 Å². The molecule has 0 atom stereocenters. The molecule has 0 saturated heterocycles. The third-order valence-electron chi connectivity index (χ3n) is 6.23. The molecule has 1 aliphatic carbocycles. The van der Waals surface area contributed by atoms with Crippen molar-refractivity contribution in [3.05, 3.63) is 11.1 Å². The molecule has 0 radical (unpaired) electrons. The van der Waals surface area contributed by atoms with Crippen LogP contribution >= 0.6 is 0 Å². The Morgan fingerprint density at radius 3 is 1.89 bits per heavy atom. The molecule has 0 fully saturated rings. The second-order valence-electron chi connectivity index (χ2n) is 9.16. The van der Waals surface area contributed by atoms with Crippen molar-refractivity contribution in [3.63, 3.8) is 0 Å². The van der Waals surface area contributed by atoms with Crippen molar-refractivity contribution >= 4 is 5.78 Å². The van der Waals surface area contributed by atoms with Crippen LogP contribution in [0.2, 0.25) is 0 Å². The number of ketones is 1. The molecule has 0 aromatic rings. The van der Waals surface area contributed by atoms with Crippen LogP contribution in [-0.4, -0.2) is 19.0 Å². The average molecular weight is 379 g/mol. The van der Waals surface area contributed by atoms with E-state index in [0.717, 1.165) is 44.5 Å². The Labute approximate surface area is 169 Å². The second kappa shape index (κ2) is 14.4. The fourth-order valence-electron chi connectivity index (χ4n) is 4.31. The summed E-state index contributed by atoms with van der Waals surface area (Å²) in [6.45, 7) is 10.7. The molecule has 0 heterocycles. The molecule has 2 nitrogen and oxygen atoms in total. The van der Waals surface area contributed by atoms with Gasteiger partial charge in [0, 0.05) is 19.6 Å². The van der Waals surface area contributed by atoms with Crippen molar-refractivity contribution in [3.8, 4) is 0 Å². The Morgan fingerprint density at radius 1 is 0.815 bits per heavy atom. The largest absolute Gasteiger partial charge is 0.381 e. The number of allylic oxidation sites excluding steroid dienone is 2. The van der Waals surface area contributed by atoms with Crippen LogP contribution in [-0.2, 0) is 9.53 Å². The molecular formula is C25H46O2. The highest BCUT2D eigenvalue weighted by molar-refractivity contribution is 5.96. The Morgan fingerprint density at radius 2 is 1.33 bits per heavy atom. The van der Waals surface area contributed by atoms with Crippen LogP contribution in [0.5, 0.6) is 0 Å². The van der Waals surface area contributed by atoms with Gasteiger partial charge in [-0.3, -0.25) is 4.79 Å². The molecule has 0 bridgehead atoms. The number of hydrogen-bond donors (Lipinski definition) is 0. The summed E-state index contributed by atoms with van der Waals surface area (Å²) in [6, 6.07) is 0. The first kappa shape index (κ1) is 24.4. The smallest absolute Gasteiger partial charge is 0.158 e. The molecular weight excluding hydrogens is 332 g/mol. The Balaban J connectivity index is 1.93. The van der Waals surface area contributed by atoms with E-state index in [0.29, 0.717) is 5.78 Å². The molecule has 0 aliphatic heterocycles. The van der Waals surface area contributed by atoms with Gasteiger partial charge in [0.2, 0.25) is 0 Å². The lowest BCUT2D eigenvalue weighted by atomic mass is 9.70. The van der Waals surface area contributed by atoms with Crippen molar-refractivity contribution in [2.45, 2.75) is 124 Å². The van der Waals surface area contributed by atoms with Gasteiger partial charge < -0.3 is 4.74 Å². The van der Waals surface area contributed by atoms with E-state index in [1.807, 2.05) is 0 Å². The summed E-state index contributed by atoms with van der Waals surface area (Å²) in [5.41, 5.74) is 2.75. The van der Waals surface area contributed by atoms with Crippen molar-refractivity contribution in [1.82, 2.24) is 0 Å². The second-order valence-corrected chi connectivity index (χ2v) is 9.16. The fraction of sp³-hybridized carbons (Fsp3) is 0.880. The summed E-state index contributed by atoms with van der Waals surface area (Å²) >= 11 is 0. The minimum Gasteiger partial charge on any atom is -0.381 e. The predicted molar refractivity (Wildman–Crippen MR) is 117 cm³/mol. The van der Waals surface area contributed by atoms with Gasteiger partial charge in [-0.05, 0) is 50.0 Å². The van der Waals surface area contributed by atoms with Crippen molar-refractivity contribution in [2.75, 3.05) is 13.2 Å². The molecule has 0 aromatic heterocycles. The number of hydrogen-bond acceptors (Lipinski definition) is 2. The lowest BCUT2D eigenvalue weighted by Gasteiger charge is -2.34. The van der Waals surface area contributed by atoms with Crippen LogP contribution in [0.1, 0.15) is 124 Å². The number of ether oxygens (including phenoxy) is 1. The maximum Gasteiger partial charge on any atom is 0.158 e. The first-order chi connectivity index (χ1) is 13.0. The van der Waals surface area contributed by atoms with E-state index in [9.17, 15) is 4.79 Å². The standard InChI is InChI=1S/C25H46O2/c1-5-20-27-21-16-14-12-10-8-6-7-9-11-13-15-17-23-22(2)24(26)18-19-25(23,3)4/h5-21H2,1-4H3. The number of carbonyl (C=O) groups is 1. The van der Waals surface area contributed by atoms with Gasteiger partial charge in [-0.2, -0.15) is 0 Å². The van der Waals surface area contributed by atoms with Gasteiger partial charge in [0.15, 0.2) is 5.78 Å². The van der Waals surface area contributed by atoms with Crippen LogP contribution < -0.4 is 0 Å². The van der Waals surface area contributed by atoms with E-state index in [2.05, 4.69) is 27.7 Å². The van der Waals surface area contributed by atoms with Crippen molar-refractivity contribution in [1.29, 1.82) is 0 Å². The molecule has 0 N–H and O–H groups in total. The summed E-state index contributed by atoms with van der Waals surface area (Å²) in [7, 11) is 0. The maximum absolute atomic E-state index is 12.0. The fourth-order valence-corrected chi connectivity index (χ4v) is 4.31. The summed E-state index contributed by atoms with van der Waals surface area (Å²) in [6.07, 6.45) is 18.9. The number of Topliss-reactive ketones (excluding diaryl/α,β-unsaturated/α-hetero) is 1. The van der Waals surface area contributed by atoms with Crippen molar-refractivity contribution < 1.29 is 9.53 Å². The van der Waals surface area contributed by atoms with Gasteiger partial charge in [-0.1, -0.05) is 84.1 Å².